The molecule has 2 heterocycles. The van der Waals surface area contributed by atoms with Crippen LogP contribution in [0.3, 0.4) is 0 Å². The Morgan fingerprint density at radius 1 is 1.15 bits per heavy atom. The molecule has 1 aliphatic rings. The summed E-state index contributed by atoms with van der Waals surface area (Å²) in [4.78, 5) is 3.83. The third-order valence-electron chi connectivity index (χ3n) is 5.17. The van der Waals surface area contributed by atoms with Gasteiger partial charge in [-0.25, -0.2) is 8.42 Å². The Labute approximate surface area is 154 Å². The molecule has 0 fully saturated rings. The van der Waals surface area contributed by atoms with E-state index in [1.54, 1.807) is 16.4 Å². The first-order valence-electron chi connectivity index (χ1n) is 8.79. The van der Waals surface area contributed by atoms with Gasteiger partial charge in [-0.1, -0.05) is 42.0 Å². The number of H-pyrrole nitrogens is 1. The van der Waals surface area contributed by atoms with E-state index in [0.29, 0.717) is 24.4 Å². The predicted molar refractivity (Wildman–Crippen MR) is 105 cm³/mol. The van der Waals surface area contributed by atoms with Crippen molar-refractivity contribution in [2.75, 3.05) is 13.1 Å². The van der Waals surface area contributed by atoms with Crippen LogP contribution in [0.4, 0.5) is 0 Å². The lowest BCUT2D eigenvalue weighted by Gasteiger charge is -2.23. The molecule has 0 saturated heterocycles. The van der Waals surface area contributed by atoms with Gasteiger partial charge in [0.15, 0.2) is 0 Å². The number of aromatic amines is 1. The number of para-hydroxylation sites is 1. The van der Waals surface area contributed by atoms with Gasteiger partial charge in [0.1, 0.15) is 0 Å². The Bertz CT molecular complexity index is 1070. The summed E-state index contributed by atoms with van der Waals surface area (Å²) in [6, 6.07) is 15.2. The minimum atomic E-state index is -3.52. The van der Waals surface area contributed by atoms with Gasteiger partial charge in [-0.15, -0.1) is 6.58 Å². The lowest BCUT2D eigenvalue weighted by Crippen LogP contribution is -2.34. The number of hydrogen-bond donors (Lipinski definition) is 1. The second-order valence-electron chi connectivity index (χ2n) is 6.83. The van der Waals surface area contributed by atoms with Gasteiger partial charge in [-0.2, -0.15) is 4.31 Å². The molecule has 1 N–H and O–H groups in total. The quantitative estimate of drug-likeness (QED) is 0.713. The molecule has 3 aromatic rings. The number of benzene rings is 2. The van der Waals surface area contributed by atoms with E-state index in [-0.39, 0.29) is 5.92 Å². The number of sulfonamides is 1. The van der Waals surface area contributed by atoms with Gasteiger partial charge >= 0.3 is 0 Å². The van der Waals surface area contributed by atoms with Gasteiger partial charge in [-0.3, -0.25) is 0 Å². The van der Waals surface area contributed by atoms with Gasteiger partial charge < -0.3 is 4.98 Å². The number of nitrogens with one attached hydrogen (secondary N) is 1. The SMILES string of the molecule is C=C[C@H]1CN(S(=O)(=O)c2ccc(C)cc2)CCc2c1[nH]c1ccccc21. The third kappa shape index (κ3) is 2.77. The molecule has 0 spiro atoms. The lowest BCUT2D eigenvalue weighted by molar-refractivity contribution is 0.414. The van der Waals surface area contributed by atoms with Crippen LogP contribution in [-0.2, 0) is 16.4 Å². The van der Waals surface area contributed by atoms with Gasteiger partial charge in [0.2, 0.25) is 10.0 Å². The molecule has 0 radical (unpaired) electrons. The second kappa shape index (κ2) is 6.41. The van der Waals surface area contributed by atoms with Crippen molar-refractivity contribution in [2.45, 2.75) is 24.2 Å². The number of fused-ring (bicyclic) bond motifs is 3. The number of aryl methyl sites for hydroxylation is 1. The Morgan fingerprint density at radius 2 is 1.88 bits per heavy atom. The van der Waals surface area contributed by atoms with E-state index in [1.165, 1.54) is 10.9 Å². The highest BCUT2D eigenvalue weighted by molar-refractivity contribution is 7.89. The van der Waals surface area contributed by atoms with Crippen LogP contribution in [-0.4, -0.2) is 30.8 Å². The molecule has 0 unspecified atom stereocenters. The summed E-state index contributed by atoms with van der Waals surface area (Å²) < 4.78 is 27.9. The number of hydrogen-bond acceptors (Lipinski definition) is 2. The Balaban J connectivity index is 1.73. The maximum atomic E-state index is 13.1. The summed E-state index contributed by atoms with van der Waals surface area (Å²) in [6.07, 6.45) is 2.53. The summed E-state index contributed by atoms with van der Waals surface area (Å²) in [5, 5.41) is 1.17. The zero-order valence-corrected chi connectivity index (χ0v) is 15.6. The van der Waals surface area contributed by atoms with E-state index in [1.807, 2.05) is 37.3 Å². The molecule has 4 rings (SSSR count). The van der Waals surface area contributed by atoms with E-state index in [9.17, 15) is 8.42 Å². The molecule has 134 valence electrons. The van der Waals surface area contributed by atoms with Crippen LogP contribution >= 0.6 is 0 Å². The van der Waals surface area contributed by atoms with Crippen molar-refractivity contribution in [3.8, 4) is 0 Å². The Hall–Kier alpha value is -2.37. The Morgan fingerprint density at radius 3 is 2.62 bits per heavy atom. The number of aromatic nitrogens is 1. The van der Waals surface area contributed by atoms with E-state index in [2.05, 4.69) is 23.7 Å². The first kappa shape index (κ1) is 17.1. The maximum Gasteiger partial charge on any atom is 0.243 e. The highest BCUT2D eigenvalue weighted by atomic mass is 32.2. The summed E-state index contributed by atoms with van der Waals surface area (Å²) in [6.45, 7) is 6.78. The molecular weight excluding hydrogens is 344 g/mol. The van der Waals surface area contributed by atoms with Gasteiger partial charge in [0, 0.05) is 35.6 Å². The van der Waals surface area contributed by atoms with Crippen LogP contribution in [0.1, 0.15) is 22.7 Å². The first-order valence-corrected chi connectivity index (χ1v) is 10.2. The molecule has 1 atom stereocenters. The van der Waals surface area contributed by atoms with Crippen molar-refractivity contribution in [1.82, 2.24) is 9.29 Å². The van der Waals surface area contributed by atoms with Crippen LogP contribution in [0.5, 0.6) is 0 Å². The van der Waals surface area contributed by atoms with E-state index in [4.69, 9.17) is 0 Å². The predicted octanol–water partition coefficient (Wildman–Crippen LogP) is 3.99. The van der Waals surface area contributed by atoms with E-state index >= 15 is 0 Å². The van der Waals surface area contributed by atoms with E-state index < -0.39 is 10.0 Å². The van der Waals surface area contributed by atoms with E-state index in [0.717, 1.165) is 16.8 Å². The van der Waals surface area contributed by atoms with Gasteiger partial charge in [-0.05, 0) is 37.1 Å². The zero-order valence-electron chi connectivity index (χ0n) is 14.8. The van der Waals surface area contributed by atoms with Crippen molar-refractivity contribution in [3.05, 3.63) is 78.0 Å². The molecule has 0 aliphatic carbocycles. The fourth-order valence-corrected chi connectivity index (χ4v) is 5.18. The van der Waals surface area contributed by atoms with Crippen molar-refractivity contribution >= 4 is 20.9 Å². The fourth-order valence-electron chi connectivity index (χ4n) is 3.72. The molecule has 1 aliphatic heterocycles. The zero-order chi connectivity index (χ0) is 18.3. The Kier molecular flexibility index (Phi) is 4.21. The molecular formula is C21H22N2O2S. The fraction of sp³-hybridized carbons (Fsp3) is 0.238. The van der Waals surface area contributed by atoms with Gasteiger partial charge in [0.25, 0.3) is 0 Å². The topological polar surface area (TPSA) is 53.2 Å². The molecule has 1 aromatic heterocycles. The second-order valence-corrected chi connectivity index (χ2v) is 8.77. The van der Waals surface area contributed by atoms with Crippen molar-refractivity contribution in [3.63, 3.8) is 0 Å². The van der Waals surface area contributed by atoms with Gasteiger partial charge in [0.05, 0.1) is 4.90 Å². The highest BCUT2D eigenvalue weighted by Crippen LogP contribution is 2.33. The van der Waals surface area contributed by atoms with Crippen LogP contribution in [0.2, 0.25) is 0 Å². The van der Waals surface area contributed by atoms with Crippen molar-refractivity contribution < 1.29 is 8.42 Å². The monoisotopic (exact) mass is 366 g/mol. The summed E-state index contributed by atoms with van der Waals surface area (Å²) >= 11 is 0. The normalized spacial score (nSPS) is 18.4. The van der Waals surface area contributed by atoms with Crippen LogP contribution < -0.4 is 0 Å². The average molecular weight is 366 g/mol. The molecule has 0 bridgehead atoms. The summed E-state index contributed by atoms with van der Waals surface area (Å²) in [5.41, 5.74) is 4.43. The summed E-state index contributed by atoms with van der Waals surface area (Å²) in [5.74, 6) is -0.0554. The molecule has 0 saturated carbocycles. The largest absolute Gasteiger partial charge is 0.358 e. The maximum absolute atomic E-state index is 13.1. The lowest BCUT2D eigenvalue weighted by atomic mass is 10.0. The molecule has 26 heavy (non-hydrogen) atoms. The molecule has 0 amide bonds. The van der Waals surface area contributed by atoms with Crippen LogP contribution in [0.15, 0.2) is 66.1 Å². The third-order valence-corrected chi connectivity index (χ3v) is 7.05. The number of nitrogens with zero attached hydrogens (tertiary/aromatic N) is 1. The van der Waals surface area contributed by atoms with Crippen molar-refractivity contribution in [1.29, 1.82) is 0 Å². The molecule has 5 heteroatoms. The van der Waals surface area contributed by atoms with Crippen LogP contribution in [0.25, 0.3) is 10.9 Å². The average Bonchev–Trinajstić information content (AvgIpc) is 2.90. The standard InChI is InChI=1S/C21H22N2O2S/c1-3-16-14-23(26(24,25)17-10-8-15(2)9-11-17)13-12-19-18-6-4-5-7-20(18)22-21(16)19/h3-11,16,22H,1,12-14H2,2H3/t16-/m0/s1. The highest BCUT2D eigenvalue weighted by Gasteiger charge is 2.31. The van der Waals surface area contributed by atoms with Crippen LogP contribution in [0, 0.1) is 6.92 Å². The van der Waals surface area contributed by atoms with Crippen molar-refractivity contribution in [2.24, 2.45) is 0 Å². The molecule has 2 aromatic carbocycles. The molecule has 4 nitrogen and oxygen atoms in total. The summed E-state index contributed by atoms with van der Waals surface area (Å²) in [7, 11) is -3.52. The minimum absolute atomic E-state index is 0.0554. The minimum Gasteiger partial charge on any atom is -0.358 e. The smallest absolute Gasteiger partial charge is 0.243 e. The number of rotatable bonds is 3. The first-order chi connectivity index (χ1) is 12.5.